The molecule has 0 aliphatic carbocycles. The average Bonchev–Trinajstić information content (AvgIpc) is 3.22. The molecule has 0 saturated carbocycles. The molecule has 30 heavy (non-hydrogen) atoms. The van der Waals surface area contributed by atoms with E-state index in [1.54, 1.807) is 51.6 Å². The number of carbonyl (C=O) groups is 1. The smallest absolute Gasteiger partial charge is 0.260 e. The van der Waals surface area contributed by atoms with Crippen LogP contribution in [0, 0.1) is 6.92 Å². The Bertz CT molecular complexity index is 1040. The Morgan fingerprint density at radius 3 is 2.60 bits per heavy atom. The van der Waals surface area contributed by atoms with E-state index < -0.39 is 0 Å². The summed E-state index contributed by atoms with van der Waals surface area (Å²) < 4.78 is 21.3. The lowest BCUT2D eigenvalue weighted by Gasteiger charge is -2.15. The van der Waals surface area contributed by atoms with Crippen molar-refractivity contribution in [3.05, 3.63) is 52.9 Å². The van der Waals surface area contributed by atoms with Crippen LogP contribution < -0.4 is 14.2 Å². The van der Waals surface area contributed by atoms with Crippen molar-refractivity contribution in [3.63, 3.8) is 0 Å². The van der Waals surface area contributed by atoms with Gasteiger partial charge < -0.3 is 23.6 Å². The first-order chi connectivity index (χ1) is 14.4. The Kier molecular flexibility index (Phi) is 6.79. The van der Waals surface area contributed by atoms with Crippen molar-refractivity contribution in [2.45, 2.75) is 13.5 Å². The molecule has 1 heterocycles. The van der Waals surface area contributed by atoms with Crippen LogP contribution >= 0.6 is 11.6 Å². The number of benzene rings is 2. The van der Waals surface area contributed by atoms with Gasteiger partial charge in [-0.05, 0) is 42.8 Å². The van der Waals surface area contributed by atoms with Crippen molar-refractivity contribution < 1.29 is 23.5 Å². The van der Waals surface area contributed by atoms with Gasteiger partial charge in [0, 0.05) is 17.6 Å². The topological polar surface area (TPSA) is 86.9 Å². The van der Waals surface area contributed by atoms with Gasteiger partial charge in [0.05, 0.1) is 20.8 Å². The Labute approximate surface area is 179 Å². The number of ether oxygens (including phenoxy) is 3. The fourth-order valence-corrected chi connectivity index (χ4v) is 2.79. The maximum atomic E-state index is 12.4. The molecule has 9 heteroatoms. The van der Waals surface area contributed by atoms with E-state index in [4.69, 9.17) is 30.3 Å². The minimum absolute atomic E-state index is 0.132. The number of halogens is 1. The Hall–Kier alpha value is -3.26. The molecule has 0 saturated heterocycles. The summed E-state index contributed by atoms with van der Waals surface area (Å²) in [5, 5.41) is 4.56. The Morgan fingerprint density at radius 2 is 1.90 bits per heavy atom. The van der Waals surface area contributed by atoms with Crippen molar-refractivity contribution >= 4 is 17.5 Å². The van der Waals surface area contributed by atoms with Gasteiger partial charge in [0.15, 0.2) is 18.1 Å². The van der Waals surface area contributed by atoms with Crippen LogP contribution in [0.15, 0.2) is 40.9 Å². The molecule has 0 N–H and O–H groups in total. The van der Waals surface area contributed by atoms with E-state index in [0.29, 0.717) is 39.5 Å². The van der Waals surface area contributed by atoms with Gasteiger partial charge in [-0.3, -0.25) is 4.79 Å². The molecule has 0 unspecified atom stereocenters. The van der Waals surface area contributed by atoms with Crippen LogP contribution in [0.25, 0.3) is 11.4 Å². The van der Waals surface area contributed by atoms with Crippen molar-refractivity contribution in [2.75, 3.05) is 27.9 Å². The second-order valence-corrected chi connectivity index (χ2v) is 6.94. The fourth-order valence-electron chi connectivity index (χ4n) is 2.62. The number of methoxy groups -OCH3 is 2. The number of likely N-dealkylation sites (N-methyl/N-ethyl adjacent to an activating group) is 1. The summed E-state index contributed by atoms with van der Waals surface area (Å²) in [6.07, 6.45) is 0. The zero-order valence-electron chi connectivity index (χ0n) is 17.1. The standard InChI is InChI=1S/C21H22ClN3O5/c1-13-5-7-15(10-16(13)22)29-12-20(26)25(2)11-19-23-21(24-30-19)14-6-8-17(27-3)18(9-14)28-4/h5-10H,11-12H2,1-4H3. The number of hydrogen-bond donors (Lipinski definition) is 0. The molecule has 2 aromatic carbocycles. The first-order valence-corrected chi connectivity index (χ1v) is 9.47. The van der Waals surface area contributed by atoms with E-state index in [1.165, 1.54) is 4.90 Å². The summed E-state index contributed by atoms with van der Waals surface area (Å²) in [6.45, 7) is 1.91. The normalized spacial score (nSPS) is 10.6. The number of nitrogens with zero attached hydrogens (tertiary/aromatic N) is 3. The molecule has 0 atom stereocenters. The number of rotatable bonds is 8. The monoisotopic (exact) mass is 431 g/mol. The van der Waals surface area contributed by atoms with E-state index >= 15 is 0 Å². The lowest BCUT2D eigenvalue weighted by atomic mass is 10.2. The zero-order chi connectivity index (χ0) is 21.7. The largest absolute Gasteiger partial charge is 0.493 e. The number of aromatic nitrogens is 2. The molecular weight excluding hydrogens is 410 g/mol. The van der Waals surface area contributed by atoms with Gasteiger partial charge in [0.2, 0.25) is 11.7 Å². The molecule has 3 aromatic rings. The first kappa shape index (κ1) is 21.4. The molecule has 0 spiro atoms. The van der Waals surface area contributed by atoms with Crippen LogP contribution in [-0.2, 0) is 11.3 Å². The molecule has 0 fully saturated rings. The van der Waals surface area contributed by atoms with Crippen LogP contribution in [0.2, 0.25) is 5.02 Å². The van der Waals surface area contributed by atoms with Gasteiger partial charge >= 0.3 is 0 Å². The van der Waals surface area contributed by atoms with E-state index in [-0.39, 0.29) is 19.1 Å². The zero-order valence-corrected chi connectivity index (χ0v) is 17.9. The Morgan fingerprint density at radius 1 is 1.13 bits per heavy atom. The summed E-state index contributed by atoms with van der Waals surface area (Å²) >= 11 is 6.07. The van der Waals surface area contributed by atoms with Crippen molar-refractivity contribution in [1.29, 1.82) is 0 Å². The molecule has 158 valence electrons. The maximum Gasteiger partial charge on any atom is 0.260 e. The minimum atomic E-state index is -0.238. The van der Waals surface area contributed by atoms with Crippen molar-refractivity contribution in [3.8, 4) is 28.6 Å². The average molecular weight is 432 g/mol. The lowest BCUT2D eigenvalue weighted by Crippen LogP contribution is -2.31. The summed E-state index contributed by atoms with van der Waals surface area (Å²) in [6, 6.07) is 10.6. The third-order valence-corrected chi connectivity index (χ3v) is 4.82. The highest BCUT2D eigenvalue weighted by Crippen LogP contribution is 2.31. The van der Waals surface area contributed by atoms with Gasteiger partial charge in [0.25, 0.3) is 5.91 Å². The second-order valence-electron chi connectivity index (χ2n) is 6.53. The quantitative estimate of drug-likeness (QED) is 0.536. The third-order valence-electron chi connectivity index (χ3n) is 4.41. The number of amides is 1. The van der Waals surface area contributed by atoms with Crippen molar-refractivity contribution in [1.82, 2.24) is 15.0 Å². The van der Waals surface area contributed by atoms with Crippen LogP contribution in [0.4, 0.5) is 0 Å². The van der Waals surface area contributed by atoms with E-state index in [0.717, 1.165) is 5.56 Å². The van der Waals surface area contributed by atoms with Gasteiger partial charge in [-0.1, -0.05) is 22.8 Å². The van der Waals surface area contributed by atoms with E-state index in [2.05, 4.69) is 10.1 Å². The van der Waals surface area contributed by atoms with Crippen molar-refractivity contribution in [2.24, 2.45) is 0 Å². The molecule has 1 amide bonds. The third kappa shape index (κ3) is 5.01. The summed E-state index contributed by atoms with van der Waals surface area (Å²) in [4.78, 5) is 18.1. The summed E-state index contributed by atoms with van der Waals surface area (Å²) in [7, 11) is 4.75. The molecule has 3 rings (SSSR count). The highest BCUT2D eigenvalue weighted by atomic mass is 35.5. The summed E-state index contributed by atoms with van der Waals surface area (Å²) in [5.74, 6) is 2.14. The van der Waals surface area contributed by atoms with Gasteiger partial charge in [-0.2, -0.15) is 4.98 Å². The number of carbonyl (C=O) groups excluding carboxylic acids is 1. The second kappa shape index (κ2) is 9.49. The maximum absolute atomic E-state index is 12.4. The molecule has 0 aliphatic heterocycles. The van der Waals surface area contributed by atoms with Gasteiger partial charge in [-0.15, -0.1) is 0 Å². The molecular formula is C21H22ClN3O5. The predicted octanol–water partition coefficient (Wildman–Crippen LogP) is 3.75. The van der Waals surface area contributed by atoms with Crippen LogP contribution in [0.3, 0.4) is 0 Å². The van der Waals surface area contributed by atoms with Gasteiger partial charge in [0.1, 0.15) is 5.75 Å². The fraction of sp³-hybridized carbons (Fsp3) is 0.286. The highest BCUT2D eigenvalue weighted by Gasteiger charge is 2.16. The first-order valence-electron chi connectivity index (χ1n) is 9.09. The van der Waals surface area contributed by atoms with Gasteiger partial charge in [-0.25, -0.2) is 0 Å². The molecule has 0 radical (unpaired) electrons. The van der Waals surface area contributed by atoms with Crippen LogP contribution in [0.5, 0.6) is 17.2 Å². The molecule has 1 aromatic heterocycles. The molecule has 0 bridgehead atoms. The number of aryl methyl sites for hydroxylation is 1. The highest BCUT2D eigenvalue weighted by molar-refractivity contribution is 6.31. The number of hydrogen-bond acceptors (Lipinski definition) is 7. The summed E-state index contributed by atoms with van der Waals surface area (Å²) in [5.41, 5.74) is 1.64. The minimum Gasteiger partial charge on any atom is -0.493 e. The molecule has 8 nitrogen and oxygen atoms in total. The van der Waals surface area contributed by atoms with E-state index in [1.807, 2.05) is 13.0 Å². The molecule has 0 aliphatic rings. The van der Waals surface area contributed by atoms with E-state index in [9.17, 15) is 4.79 Å². The SMILES string of the molecule is COc1ccc(-c2noc(CN(C)C(=O)COc3ccc(C)c(Cl)c3)n2)cc1OC. The van der Waals surface area contributed by atoms with Crippen LogP contribution in [0.1, 0.15) is 11.5 Å². The van der Waals surface area contributed by atoms with Crippen LogP contribution in [-0.4, -0.2) is 48.8 Å². The lowest BCUT2D eigenvalue weighted by molar-refractivity contribution is -0.132. The predicted molar refractivity (Wildman–Crippen MR) is 111 cm³/mol. The Balaban J connectivity index is 1.60.